The molecule has 21 heavy (non-hydrogen) atoms. The number of benzene rings is 1. The van der Waals surface area contributed by atoms with Crippen LogP contribution in [-0.4, -0.2) is 24.8 Å². The van der Waals surface area contributed by atoms with E-state index in [4.69, 9.17) is 0 Å². The lowest BCUT2D eigenvalue weighted by Crippen LogP contribution is -2.26. The van der Waals surface area contributed by atoms with Crippen molar-refractivity contribution in [3.8, 4) is 0 Å². The normalized spacial score (nSPS) is 12.1. The fourth-order valence-corrected chi connectivity index (χ4v) is 5.49. The maximum Gasteiger partial charge on any atom is 0.244 e. The number of hydrogen-bond acceptors (Lipinski definition) is 4. The van der Waals surface area contributed by atoms with Crippen molar-refractivity contribution in [1.82, 2.24) is 9.29 Å². The van der Waals surface area contributed by atoms with E-state index in [0.29, 0.717) is 11.0 Å². The van der Waals surface area contributed by atoms with Gasteiger partial charge in [-0.15, -0.1) is 11.3 Å². The Bertz CT molecular complexity index is 772. The van der Waals surface area contributed by atoms with Crippen molar-refractivity contribution in [2.24, 2.45) is 0 Å². The number of nitrogens with zero attached hydrogens (tertiary/aromatic N) is 2. The number of aryl methyl sites for hydroxylation is 2. The van der Waals surface area contributed by atoms with Crippen LogP contribution < -0.4 is 0 Å². The van der Waals surface area contributed by atoms with Gasteiger partial charge >= 0.3 is 0 Å². The van der Waals surface area contributed by atoms with Crippen LogP contribution in [0, 0.1) is 13.8 Å². The minimum atomic E-state index is -3.56. The quantitative estimate of drug-likeness (QED) is 0.699. The Morgan fingerprint density at radius 2 is 1.90 bits per heavy atom. The van der Waals surface area contributed by atoms with E-state index in [9.17, 15) is 8.42 Å². The number of sulfonamides is 1. The molecule has 0 saturated carbocycles. The van der Waals surface area contributed by atoms with E-state index in [2.05, 4.69) is 36.8 Å². The zero-order valence-electron chi connectivity index (χ0n) is 11.7. The molecule has 0 amide bonds. The van der Waals surface area contributed by atoms with Crippen LogP contribution in [-0.2, 0) is 16.6 Å². The highest BCUT2D eigenvalue weighted by atomic mass is 79.9. The first kappa shape index (κ1) is 17.1. The maximum atomic E-state index is 12.7. The van der Waals surface area contributed by atoms with Crippen LogP contribution in [0.4, 0.5) is 0 Å². The van der Waals surface area contributed by atoms with Crippen LogP contribution in [0.5, 0.6) is 0 Å². The lowest BCUT2D eigenvalue weighted by atomic mass is 10.2. The van der Waals surface area contributed by atoms with Crippen molar-refractivity contribution >= 4 is 53.2 Å². The highest BCUT2D eigenvalue weighted by Gasteiger charge is 2.25. The number of halogens is 2. The predicted octanol–water partition coefficient (Wildman–Crippen LogP) is 4.11. The Labute approximate surface area is 145 Å². The summed E-state index contributed by atoms with van der Waals surface area (Å²) < 4.78 is 28.0. The van der Waals surface area contributed by atoms with Gasteiger partial charge in [-0.25, -0.2) is 13.4 Å². The van der Waals surface area contributed by atoms with E-state index < -0.39 is 10.0 Å². The number of hydrogen-bond donors (Lipinski definition) is 0. The largest absolute Gasteiger partial charge is 0.250 e. The summed E-state index contributed by atoms with van der Waals surface area (Å²) in [6.45, 7) is 4.12. The molecule has 0 radical (unpaired) electrons. The van der Waals surface area contributed by atoms with Crippen LogP contribution in [0.25, 0.3) is 0 Å². The smallest absolute Gasteiger partial charge is 0.244 e. The molecule has 0 aliphatic rings. The van der Waals surface area contributed by atoms with Gasteiger partial charge in [0.25, 0.3) is 0 Å². The lowest BCUT2D eigenvalue weighted by molar-refractivity contribution is 0.469. The molecule has 0 N–H and O–H groups in total. The summed E-state index contributed by atoms with van der Waals surface area (Å²) in [5.41, 5.74) is 0.974. The van der Waals surface area contributed by atoms with Crippen LogP contribution in [0.2, 0.25) is 0 Å². The molecule has 0 aliphatic carbocycles. The fourth-order valence-electron chi connectivity index (χ4n) is 1.78. The van der Waals surface area contributed by atoms with E-state index in [0.717, 1.165) is 19.9 Å². The molecule has 2 rings (SSSR count). The van der Waals surface area contributed by atoms with Crippen molar-refractivity contribution in [1.29, 1.82) is 0 Å². The molecule has 0 bridgehead atoms. The number of thiazole rings is 1. The first-order valence-electron chi connectivity index (χ1n) is 6.05. The Kier molecular flexibility index (Phi) is 5.25. The highest BCUT2D eigenvalue weighted by Crippen LogP contribution is 2.31. The van der Waals surface area contributed by atoms with Gasteiger partial charge in [0.15, 0.2) is 0 Å². The Hall–Kier alpha value is -0.280. The number of aromatic nitrogens is 1. The second kappa shape index (κ2) is 6.45. The third-order valence-corrected chi connectivity index (χ3v) is 7.46. The van der Waals surface area contributed by atoms with E-state index in [1.165, 1.54) is 15.6 Å². The first-order chi connectivity index (χ1) is 9.71. The molecular formula is C13H14Br2N2O2S2. The molecule has 0 saturated heterocycles. The fraction of sp³-hybridized carbons (Fsp3) is 0.308. The van der Waals surface area contributed by atoms with Crippen molar-refractivity contribution in [2.75, 3.05) is 7.05 Å². The van der Waals surface area contributed by atoms with Gasteiger partial charge in [0.05, 0.1) is 9.90 Å². The average Bonchev–Trinajstić information content (AvgIpc) is 2.79. The van der Waals surface area contributed by atoms with Gasteiger partial charge in [-0.2, -0.15) is 4.31 Å². The summed E-state index contributed by atoms with van der Waals surface area (Å²) in [7, 11) is -1.99. The molecule has 0 unspecified atom stereocenters. The van der Waals surface area contributed by atoms with E-state index in [1.807, 2.05) is 13.8 Å². The van der Waals surface area contributed by atoms with E-state index in [1.54, 1.807) is 25.4 Å². The third-order valence-electron chi connectivity index (χ3n) is 2.95. The highest BCUT2D eigenvalue weighted by molar-refractivity contribution is 9.11. The van der Waals surface area contributed by atoms with Gasteiger partial charge in [-0.1, -0.05) is 15.9 Å². The molecule has 0 spiro atoms. The summed E-state index contributed by atoms with van der Waals surface area (Å²) in [6.07, 6.45) is 1.71. The zero-order chi connectivity index (χ0) is 15.8. The monoisotopic (exact) mass is 452 g/mol. The van der Waals surface area contributed by atoms with Gasteiger partial charge in [-0.05, 0) is 47.5 Å². The molecule has 0 atom stereocenters. The Balaban J connectivity index is 2.35. The Morgan fingerprint density at radius 1 is 1.24 bits per heavy atom. The topological polar surface area (TPSA) is 50.3 Å². The van der Waals surface area contributed by atoms with Crippen molar-refractivity contribution < 1.29 is 8.42 Å². The molecule has 0 fully saturated rings. The molecule has 1 heterocycles. The van der Waals surface area contributed by atoms with Crippen LogP contribution in [0.1, 0.15) is 15.4 Å². The molecule has 114 valence electrons. The third kappa shape index (κ3) is 3.73. The summed E-state index contributed by atoms with van der Waals surface area (Å²) in [5.74, 6) is 0. The van der Waals surface area contributed by atoms with E-state index >= 15 is 0 Å². The molecule has 1 aromatic carbocycles. The van der Waals surface area contributed by atoms with Crippen molar-refractivity contribution in [2.45, 2.75) is 25.3 Å². The predicted molar refractivity (Wildman–Crippen MR) is 92.1 cm³/mol. The SMILES string of the molecule is Cc1ncc(CN(C)S(=O)(=O)c2cc(Br)c(C)cc2Br)s1. The first-order valence-corrected chi connectivity index (χ1v) is 9.89. The number of rotatable bonds is 4. The maximum absolute atomic E-state index is 12.7. The van der Waals surface area contributed by atoms with Gasteiger partial charge in [0.1, 0.15) is 0 Å². The molecule has 4 nitrogen and oxygen atoms in total. The van der Waals surface area contributed by atoms with E-state index in [-0.39, 0.29) is 4.90 Å². The second-order valence-electron chi connectivity index (χ2n) is 4.64. The second-order valence-corrected chi connectivity index (χ2v) is 9.68. The lowest BCUT2D eigenvalue weighted by Gasteiger charge is -2.18. The molecule has 1 aromatic heterocycles. The average molecular weight is 454 g/mol. The molecule has 8 heteroatoms. The molecular weight excluding hydrogens is 440 g/mol. The molecule has 0 aliphatic heterocycles. The van der Waals surface area contributed by atoms with Gasteiger partial charge < -0.3 is 0 Å². The van der Waals surface area contributed by atoms with Crippen LogP contribution >= 0.6 is 43.2 Å². The van der Waals surface area contributed by atoms with Gasteiger partial charge in [-0.3, -0.25) is 0 Å². The van der Waals surface area contributed by atoms with Crippen molar-refractivity contribution in [3.63, 3.8) is 0 Å². The zero-order valence-corrected chi connectivity index (χ0v) is 16.5. The minimum absolute atomic E-state index is 0.253. The summed E-state index contributed by atoms with van der Waals surface area (Å²) in [6, 6.07) is 3.42. The van der Waals surface area contributed by atoms with Gasteiger partial charge in [0, 0.05) is 33.6 Å². The summed E-state index contributed by atoms with van der Waals surface area (Å²) in [4.78, 5) is 5.32. The minimum Gasteiger partial charge on any atom is -0.250 e. The van der Waals surface area contributed by atoms with Crippen LogP contribution in [0.15, 0.2) is 32.2 Å². The molecule has 2 aromatic rings. The van der Waals surface area contributed by atoms with Gasteiger partial charge in [0.2, 0.25) is 10.0 Å². The summed E-state index contributed by atoms with van der Waals surface area (Å²) in [5, 5.41) is 0.926. The Morgan fingerprint density at radius 3 is 2.48 bits per heavy atom. The standard InChI is InChI=1S/C13H14Br2N2O2S2/c1-8-4-12(15)13(5-11(8)14)21(18,19)17(3)7-10-6-16-9(2)20-10/h4-6H,7H2,1-3H3. The van der Waals surface area contributed by atoms with Crippen molar-refractivity contribution in [3.05, 3.63) is 42.7 Å². The summed E-state index contributed by atoms with van der Waals surface area (Å²) >= 11 is 8.22. The van der Waals surface area contributed by atoms with Crippen LogP contribution in [0.3, 0.4) is 0 Å².